The van der Waals surface area contributed by atoms with E-state index in [0.717, 1.165) is 49.7 Å². The minimum atomic E-state index is -0.869. The highest BCUT2D eigenvalue weighted by molar-refractivity contribution is 5.96. The predicted molar refractivity (Wildman–Crippen MR) is 97.1 cm³/mol. The van der Waals surface area contributed by atoms with Crippen LogP contribution in [0.3, 0.4) is 0 Å². The molecule has 0 bridgehead atoms. The molecule has 1 aromatic carbocycles. The Morgan fingerprint density at radius 1 is 1.14 bits per heavy atom. The van der Waals surface area contributed by atoms with Crippen LogP contribution in [0.4, 0.5) is 16.2 Å². The molecule has 2 saturated heterocycles. The molecule has 1 aromatic rings. The molecule has 0 saturated carbocycles. The van der Waals surface area contributed by atoms with Gasteiger partial charge in [0, 0.05) is 19.2 Å². The van der Waals surface area contributed by atoms with Crippen LogP contribution in [-0.2, 0) is 14.3 Å². The van der Waals surface area contributed by atoms with Gasteiger partial charge >= 0.3 is 12.1 Å². The van der Waals surface area contributed by atoms with Crippen LogP contribution >= 0.6 is 0 Å². The summed E-state index contributed by atoms with van der Waals surface area (Å²) in [5.41, 5.74) is 0.271. The summed E-state index contributed by atoms with van der Waals surface area (Å²) in [4.78, 5) is 49.2. The summed E-state index contributed by atoms with van der Waals surface area (Å²) >= 11 is 0. The van der Waals surface area contributed by atoms with Gasteiger partial charge in [-0.2, -0.15) is 0 Å². The predicted octanol–water partition coefficient (Wildman–Crippen LogP) is 2.11. The maximum atomic E-state index is 12.2. The number of imide groups is 1. The van der Waals surface area contributed by atoms with Crippen molar-refractivity contribution in [3.05, 3.63) is 33.9 Å². The summed E-state index contributed by atoms with van der Waals surface area (Å²) in [6.45, 7) is 1.01. The monoisotopic (exact) mass is 391 g/mol. The number of carbonyl (C=O) groups is 3. The van der Waals surface area contributed by atoms with Gasteiger partial charge in [-0.1, -0.05) is 12.8 Å². The standard InChI is InChI=1S/C18H21N3O7/c22-16(20-9-10-27-18(20)24)12-28-17(23)13-5-6-14(15(11-13)21(25)26)19-7-3-1-2-4-8-19/h5-6,11H,1-4,7-10,12H2. The number of benzene rings is 1. The Bertz CT molecular complexity index is 787. The number of nitro benzene ring substituents is 1. The third kappa shape index (κ3) is 4.38. The largest absolute Gasteiger partial charge is 0.452 e. The lowest BCUT2D eigenvalue weighted by Crippen LogP contribution is -2.35. The number of anilines is 1. The van der Waals surface area contributed by atoms with Crippen LogP contribution in [0.2, 0.25) is 0 Å². The first-order valence-corrected chi connectivity index (χ1v) is 9.15. The van der Waals surface area contributed by atoms with Crippen LogP contribution in [0.1, 0.15) is 36.0 Å². The van der Waals surface area contributed by atoms with Gasteiger partial charge in [-0.25, -0.2) is 14.5 Å². The van der Waals surface area contributed by atoms with Gasteiger partial charge < -0.3 is 14.4 Å². The van der Waals surface area contributed by atoms with Crippen molar-refractivity contribution in [2.45, 2.75) is 25.7 Å². The van der Waals surface area contributed by atoms with Crippen molar-refractivity contribution in [2.24, 2.45) is 0 Å². The molecule has 2 amide bonds. The lowest BCUT2D eigenvalue weighted by molar-refractivity contribution is -0.384. The summed E-state index contributed by atoms with van der Waals surface area (Å²) < 4.78 is 9.56. The van der Waals surface area contributed by atoms with E-state index in [4.69, 9.17) is 4.74 Å². The fourth-order valence-electron chi connectivity index (χ4n) is 3.28. The third-order valence-electron chi connectivity index (χ3n) is 4.74. The Balaban J connectivity index is 1.70. The Kier molecular flexibility index (Phi) is 6.07. The molecule has 0 unspecified atom stereocenters. The van der Waals surface area contributed by atoms with E-state index in [1.165, 1.54) is 6.07 Å². The number of esters is 1. The van der Waals surface area contributed by atoms with E-state index in [1.807, 2.05) is 4.90 Å². The van der Waals surface area contributed by atoms with Gasteiger partial charge in [-0.3, -0.25) is 14.9 Å². The van der Waals surface area contributed by atoms with Crippen LogP contribution in [0, 0.1) is 10.1 Å². The fourth-order valence-corrected chi connectivity index (χ4v) is 3.28. The zero-order chi connectivity index (χ0) is 20.1. The maximum Gasteiger partial charge on any atom is 0.416 e. The number of nitro groups is 1. The van der Waals surface area contributed by atoms with Gasteiger partial charge in [-0.05, 0) is 25.0 Å². The second-order valence-electron chi connectivity index (χ2n) is 6.60. The van der Waals surface area contributed by atoms with Crippen LogP contribution < -0.4 is 4.90 Å². The first-order valence-electron chi connectivity index (χ1n) is 9.15. The van der Waals surface area contributed by atoms with E-state index in [-0.39, 0.29) is 24.4 Å². The van der Waals surface area contributed by atoms with Gasteiger partial charge in [0.25, 0.3) is 11.6 Å². The van der Waals surface area contributed by atoms with Gasteiger partial charge in [-0.15, -0.1) is 0 Å². The zero-order valence-electron chi connectivity index (χ0n) is 15.3. The highest BCUT2D eigenvalue weighted by atomic mass is 16.6. The summed E-state index contributed by atoms with van der Waals surface area (Å²) in [6, 6.07) is 4.15. The molecule has 2 fully saturated rings. The first-order chi connectivity index (χ1) is 13.5. The molecule has 0 N–H and O–H groups in total. The number of ether oxygens (including phenoxy) is 2. The van der Waals surface area contributed by atoms with Crippen molar-refractivity contribution in [1.29, 1.82) is 0 Å². The Morgan fingerprint density at radius 3 is 2.46 bits per heavy atom. The summed E-state index contributed by atoms with van der Waals surface area (Å²) in [5, 5.41) is 11.5. The van der Waals surface area contributed by atoms with E-state index >= 15 is 0 Å². The van der Waals surface area contributed by atoms with E-state index in [0.29, 0.717) is 5.69 Å². The number of hydrogen-bond acceptors (Lipinski definition) is 8. The highest BCUT2D eigenvalue weighted by Crippen LogP contribution is 2.31. The number of hydrogen-bond donors (Lipinski definition) is 0. The lowest BCUT2D eigenvalue weighted by atomic mass is 10.1. The maximum absolute atomic E-state index is 12.2. The first kappa shape index (κ1) is 19.6. The number of amides is 2. The fraction of sp³-hybridized carbons (Fsp3) is 0.500. The molecule has 0 spiro atoms. The van der Waals surface area contributed by atoms with E-state index in [9.17, 15) is 24.5 Å². The average molecular weight is 391 g/mol. The molecule has 0 aromatic heterocycles. The second-order valence-corrected chi connectivity index (χ2v) is 6.60. The number of cyclic esters (lactones) is 1. The lowest BCUT2D eigenvalue weighted by Gasteiger charge is -2.22. The molecule has 150 valence electrons. The van der Waals surface area contributed by atoms with Crippen LogP contribution in [0.25, 0.3) is 0 Å². The quantitative estimate of drug-likeness (QED) is 0.425. The normalized spacial score (nSPS) is 17.1. The minimum Gasteiger partial charge on any atom is -0.452 e. The van der Waals surface area contributed by atoms with Crippen molar-refractivity contribution in [3.63, 3.8) is 0 Å². The number of rotatable bonds is 5. The molecule has 2 heterocycles. The molecule has 2 aliphatic rings. The van der Waals surface area contributed by atoms with Crippen molar-refractivity contribution in [3.8, 4) is 0 Å². The molecular weight excluding hydrogens is 370 g/mol. The van der Waals surface area contributed by atoms with Crippen LogP contribution in [0.15, 0.2) is 18.2 Å². The summed E-state index contributed by atoms with van der Waals surface area (Å²) in [6.07, 6.45) is 3.32. The van der Waals surface area contributed by atoms with Crippen molar-refractivity contribution < 1.29 is 28.8 Å². The van der Waals surface area contributed by atoms with Gasteiger partial charge in [0.1, 0.15) is 12.3 Å². The smallest absolute Gasteiger partial charge is 0.416 e. The SMILES string of the molecule is O=C(OCC(=O)N1CCOC1=O)c1ccc(N2CCCCCC2)c([N+](=O)[O-])c1. The van der Waals surface area contributed by atoms with Crippen LogP contribution in [0.5, 0.6) is 0 Å². The summed E-state index contributed by atoms with van der Waals surface area (Å²) in [7, 11) is 0. The Labute approximate surface area is 161 Å². The summed E-state index contributed by atoms with van der Waals surface area (Å²) in [5.74, 6) is -1.57. The van der Waals surface area contributed by atoms with Gasteiger partial charge in [0.15, 0.2) is 6.61 Å². The molecule has 0 radical (unpaired) electrons. The highest BCUT2D eigenvalue weighted by Gasteiger charge is 2.29. The molecule has 3 rings (SSSR count). The second kappa shape index (κ2) is 8.68. The topological polar surface area (TPSA) is 119 Å². The number of carbonyl (C=O) groups excluding carboxylic acids is 3. The van der Waals surface area contributed by atoms with Crippen molar-refractivity contribution >= 4 is 29.3 Å². The molecular formula is C18H21N3O7. The van der Waals surface area contributed by atoms with Crippen molar-refractivity contribution in [1.82, 2.24) is 4.90 Å². The third-order valence-corrected chi connectivity index (χ3v) is 4.74. The minimum absolute atomic E-state index is 0.0259. The van der Waals surface area contributed by atoms with E-state index < -0.39 is 29.5 Å². The molecule has 0 atom stereocenters. The molecule has 10 heteroatoms. The average Bonchev–Trinajstić information content (AvgIpc) is 2.94. The Morgan fingerprint density at radius 2 is 1.86 bits per heavy atom. The molecule has 2 aliphatic heterocycles. The zero-order valence-corrected chi connectivity index (χ0v) is 15.3. The Hall–Kier alpha value is -3.17. The van der Waals surface area contributed by atoms with E-state index in [2.05, 4.69) is 4.74 Å². The van der Waals surface area contributed by atoms with Gasteiger partial charge in [0.05, 0.1) is 17.0 Å². The number of nitrogens with zero attached hydrogens (tertiary/aromatic N) is 3. The molecule has 10 nitrogen and oxygen atoms in total. The van der Waals surface area contributed by atoms with Gasteiger partial charge in [0.2, 0.25) is 0 Å². The molecule has 28 heavy (non-hydrogen) atoms. The van der Waals surface area contributed by atoms with Crippen LogP contribution in [-0.4, -0.2) is 60.6 Å². The molecule has 0 aliphatic carbocycles. The van der Waals surface area contributed by atoms with Crippen molar-refractivity contribution in [2.75, 3.05) is 37.7 Å². The van der Waals surface area contributed by atoms with E-state index in [1.54, 1.807) is 6.07 Å².